The van der Waals surface area contributed by atoms with E-state index in [4.69, 9.17) is 5.73 Å². The molecule has 4 bridgehead atoms. The Labute approximate surface area is 84.7 Å². The molecule has 4 fully saturated rings. The largest absolute Gasteiger partial charge is 0.325 e. The van der Waals surface area contributed by atoms with E-state index < -0.39 is 0 Å². The minimum Gasteiger partial charge on any atom is -0.325 e. The predicted molar refractivity (Wildman–Crippen MR) is 52.7 cm³/mol. The van der Waals surface area contributed by atoms with Gasteiger partial charge in [0.1, 0.15) is 5.78 Å². The van der Waals surface area contributed by atoms with Crippen molar-refractivity contribution in [3.63, 3.8) is 0 Å². The smallest absolute Gasteiger partial charge is 0.139 e. The molecule has 4 aliphatic carbocycles. The summed E-state index contributed by atoms with van der Waals surface area (Å²) in [6, 6.07) is 0. The third kappa shape index (κ3) is 1.23. The normalized spacial score (nSPS) is 52.1. The first-order valence-electron chi connectivity index (χ1n) is 4.99. The number of carbonyl (C=O) groups excluding carboxylic acids is 1. The van der Waals surface area contributed by atoms with Crippen molar-refractivity contribution in [3.8, 4) is 0 Å². The molecule has 0 aromatic rings. The van der Waals surface area contributed by atoms with Gasteiger partial charge in [-0.3, -0.25) is 4.79 Å². The maximum Gasteiger partial charge on any atom is 0.139 e. The van der Waals surface area contributed by atoms with Gasteiger partial charge in [0.05, 0.1) is 0 Å². The molecule has 2 N–H and O–H groups in total. The summed E-state index contributed by atoms with van der Waals surface area (Å²) in [6.45, 7) is 0. The molecule has 0 spiro atoms. The molecule has 0 amide bonds. The molecule has 0 aliphatic heterocycles. The highest BCUT2D eigenvalue weighted by Gasteiger charge is 2.53. The van der Waals surface area contributed by atoms with Gasteiger partial charge in [-0.2, -0.15) is 0 Å². The molecule has 0 aromatic carbocycles. The summed E-state index contributed by atoms with van der Waals surface area (Å²) >= 11 is 0. The van der Waals surface area contributed by atoms with Gasteiger partial charge in [0.15, 0.2) is 0 Å². The van der Waals surface area contributed by atoms with E-state index >= 15 is 0 Å². The van der Waals surface area contributed by atoms with Crippen molar-refractivity contribution in [2.45, 2.75) is 37.6 Å². The molecule has 4 aliphatic rings. The van der Waals surface area contributed by atoms with Crippen molar-refractivity contribution in [1.82, 2.24) is 0 Å². The van der Waals surface area contributed by atoms with Crippen LogP contribution in [-0.2, 0) is 4.79 Å². The predicted octanol–water partition coefficient (Wildman–Crippen LogP) is 1.51. The van der Waals surface area contributed by atoms with E-state index in [0.29, 0.717) is 17.6 Å². The van der Waals surface area contributed by atoms with Crippen molar-refractivity contribution < 1.29 is 4.79 Å². The number of carbonyl (C=O) groups is 1. The monoisotopic (exact) mass is 201 g/mol. The minimum atomic E-state index is 0. The first-order chi connectivity index (χ1) is 5.66. The van der Waals surface area contributed by atoms with E-state index in [1.54, 1.807) is 0 Å². The van der Waals surface area contributed by atoms with Crippen LogP contribution in [0.2, 0.25) is 0 Å². The van der Waals surface area contributed by atoms with Crippen molar-refractivity contribution in [1.29, 1.82) is 0 Å². The quantitative estimate of drug-likeness (QED) is 0.646. The van der Waals surface area contributed by atoms with Gasteiger partial charge in [0.25, 0.3) is 0 Å². The molecule has 13 heavy (non-hydrogen) atoms. The number of rotatable bonds is 0. The summed E-state index contributed by atoms with van der Waals surface area (Å²) in [5.41, 5.74) is 6.29. The first kappa shape index (κ1) is 9.47. The molecule has 0 aromatic heterocycles. The Bertz CT molecular complexity index is 235. The van der Waals surface area contributed by atoms with Gasteiger partial charge in [0, 0.05) is 17.4 Å². The van der Waals surface area contributed by atoms with Gasteiger partial charge in [-0.1, -0.05) is 0 Å². The summed E-state index contributed by atoms with van der Waals surface area (Å²) in [5, 5.41) is 0. The molecule has 3 heteroatoms. The zero-order valence-electron chi connectivity index (χ0n) is 7.66. The fourth-order valence-corrected chi connectivity index (χ4v) is 3.81. The fraction of sp³-hybridized carbons (Fsp3) is 0.900. The molecule has 74 valence electrons. The van der Waals surface area contributed by atoms with Crippen LogP contribution in [0, 0.1) is 17.8 Å². The second kappa shape index (κ2) is 2.71. The Morgan fingerprint density at radius 2 is 1.69 bits per heavy atom. The Morgan fingerprint density at radius 1 is 1.15 bits per heavy atom. The van der Waals surface area contributed by atoms with E-state index in [2.05, 4.69) is 0 Å². The number of hydrogen-bond acceptors (Lipinski definition) is 2. The van der Waals surface area contributed by atoms with Crippen LogP contribution in [0.4, 0.5) is 0 Å². The van der Waals surface area contributed by atoms with Crippen LogP contribution in [0.25, 0.3) is 0 Å². The highest BCUT2D eigenvalue weighted by molar-refractivity contribution is 5.86. The Kier molecular flexibility index (Phi) is 1.97. The summed E-state index contributed by atoms with van der Waals surface area (Å²) in [5.74, 6) is 2.01. The molecule has 2 atom stereocenters. The first-order valence-corrected chi connectivity index (χ1v) is 4.99. The minimum absolute atomic E-state index is 0. The highest BCUT2D eigenvalue weighted by atomic mass is 35.5. The summed E-state index contributed by atoms with van der Waals surface area (Å²) in [7, 11) is 0. The van der Waals surface area contributed by atoms with E-state index in [-0.39, 0.29) is 17.9 Å². The Balaban J connectivity index is 0.000000653. The lowest BCUT2D eigenvalue weighted by atomic mass is 9.53. The third-order valence-electron chi connectivity index (χ3n) is 4.04. The Hall–Kier alpha value is -0.0800. The molecule has 0 saturated heterocycles. The average molecular weight is 202 g/mol. The molecular formula is C10H16ClNO. The number of ketones is 1. The lowest BCUT2D eigenvalue weighted by molar-refractivity contribution is -0.141. The highest BCUT2D eigenvalue weighted by Crippen LogP contribution is 2.52. The number of Topliss-reactive ketones (excluding diaryl/α,β-unsaturated/α-hetero) is 1. The van der Waals surface area contributed by atoms with E-state index in [9.17, 15) is 4.79 Å². The molecule has 4 saturated carbocycles. The van der Waals surface area contributed by atoms with Gasteiger partial charge in [-0.05, 0) is 38.0 Å². The van der Waals surface area contributed by atoms with E-state index in [1.807, 2.05) is 0 Å². The van der Waals surface area contributed by atoms with Crippen LogP contribution < -0.4 is 5.73 Å². The van der Waals surface area contributed by atoms with Gasteiger partial charge in [0.2, 0.25) is 0 Å². The van der Waals surface area contributed by atoms with E-state index in [0.717, 1.165) is 31.6 Å². The summed E-state index contributed by atoms with van der Waals surface area (Å²) in [6.07, 6.45) is 5.45. The fourth-order valence-electron chi connectivity index (χ4n) is 3.81. The lowest BCUT2D eigenvalue weighted by Crippen LogP contribution is -2.59. The van der Waals surface area contributed by atoms with Gasteiger partial charge < -0.3 is 5.73 Å². The zero-order valence-corrected chi connectivity index (χ0v) is 8.48. The summed E-state index contributed by atoms with van der Waals surface area (Å²) in [4.78, 5) is 11.7. The topological polar surface area (TPSA) is 43.1 Å². The SMILES string of the molecule is Cl.NC12CC3CC(C1)C(=O)C(C3)C2. The van der Waals surface area contributed by atoms with Crippen molar-refractivity contribution in [2.24, 2.45) is 23.5 Å². The van der Waals surface area contributed by atoms with E-state index in [1.165, 1.54) is 6.42 Å². The lowest BCUT2D eigenvalue weighted by Gasteiger charge is -2.53. The zero-order chi connectivity index (χ0) is 8.34. The molecule has 0 heterocycles. The number of hydrogen-bond donors (Lipinski definition) is 1. The maximum atomic E-state index is 11.7. The van der Waals surface area contributed by atoms with Crippen molar-refractivity contribution in [2.75, 3.05) is 0 Å². The second-order valence-electron chi connectivity index (χ2n) is 5.11. The molecule has 4 rings (SSSR count). The standard InChI is InChI=1S/C10H15NO.ClH/c11-10-3-6-1-7(4-10)9(12)8(2-6)5-10;/h6-8H,1-5,11H2;1H. The van der Waals surface area contributed by atoms with Crippen LogP contribution in [0.3, 0.4) is 0 Å². The molecule has 2 unspecified atom stereocenters. The molecule has 0 radical (unpaired) electrons. The summed E-state index contributed by atoms with van der Waals surface area (Å²) < 4.78 is 0. The Morgan fingerprint density at radius 3 is 2.15 bits per heavy atom. The molecular weight excluding hydrogens is 186 g/mol. The van der Waals surface area contributed by atoms with Gasteiger partial charge >= 0.3 is 0 Å². The van der Waals surface area contributed by atoms with Crippen LogP contribution in [0.5, 0.6) is 0 Å². The van der Waals surface area contributed by atoms with Gasteiger partial charge in [-0.15, -0.1) is 12.4 Å². The maximum absolute atomic E-state index is 11.7. The number of nitrogens with two attached hydrogens (primary N) is 1. The van der Waals surface area contributed by atoms with Gasteiger partial charge in [-0.25, -0.2) is 0 Å². The average Bonchev–Trinajstić information content (AvgIpc) is 1.96. The second-order valence-corrected chi connectivity index (χ2v) is 5.11. The van der Waals surface area contributed by atoms with Crippen molar-refractivity contribution >= 4 is 18.2 Å². The van der Waals surface area contributed by atoms with Crippen LogP contribution in [0.15, 0.2) is 0 Å². The molecule has 2 nitrogen and oxygen atoms in total. The third-order valence-corrected chi connectivity index (χ3v) is 4.04. The van der Waals surface area contributed by atoms with Crippen LogP contribution in [0.1, 0.15) is 32.1 Å². The van der Waals surface area contributed by atoms with Crippen molar-refractivity contribution in [3.05, 3.63) is 0 Å². The van der Waals surface area contributed by atoms with Crippen LogP contribution >= 0.6 is 12.4 Å². The van der Waals surface area contributed by atoms with Crippen LogP contribution in [-0.4, -0.2) is 11.3 Å². The number of halogens is 1.